The zero-order valence-electron chi connectivity index (χ0n) is 12.6. The second kappa shape index (κ2) is 6.91. The summed E-state index contributed by atoms with van der Waals surface area (Å²) >= 11 is 0. The van der Waals surface area contributed by atoms with Gasteiger partial charge in [0.1, 0.15) is 12.4 Å². The number of ether oxygens (including phenoxy) is 1. The van der Waals surface area contributed by atoms with Gasteiger partial charge in [0.05, 0.1) is 5.56 Å². The molecule has 3 aromatic rings. The van der Waals surface area contributed by atoms with Crippen molar-refractivity contribution >= 4 is 5.97 Å². The Morgan fingerprint density at radius 3 is 2.54 bits per heavy atom. The van der Waals surface area contributed by atoms with E-state index in [9.17, 15) is 14.3 Å². The van der Waals surface area contributed by atoms with Gasteiger partial charge in [-0.25, -0.2) is 14.2 Å². The number of benzene rings is 2. The van der Waals surface area contributed by atoms with Gasteiger partial charge in [0.2, 0.25) is 5.88 Å². The number of aromatic nitrogens is 1. The zero-order chi connectivity index (χ0) is 16.9. The lowest BCUT2D eigenvalue weighted by Crippen LogP contribution is -2.01. The Morgan fingerprint density at radius 2 is 1.88 bits per heavy atom. The van der Waals surface area contributed by atoms with Gasteiger partial charge in [-0.3, -0.25) is 0 Å². The number of aromatic carboxylic acids is 1. The number of hydrogen-bond donors (Lipinski definition) is 1. The van der Waals surface area contributed by atoms with Gasteiger partial charge in [0, 0.05) is 17.8 Å². The highest BCUT2D eigenvalue weighted by atomic mass is 19.1. The molecule has 24 heavy (non-hydrogen) atoms. The molecule has 3 rings (SSSR count). The number of halogens is 1. The van der Waals surface area contributed by atoms with Crippen molar-refractivity contribution in [3.05, 3.63) is 83.8 Å². The lowest BCUT2D eigenvalue weighted by Gasteiger charge is -2.08. The predicted octanol–water partition coefficient (Wildman–Crippen LogP) is 4.16. The smallest absolute Gasteiger partial charge is 0.336 e. The molecule has 0 radical (unpaired) electrons. The number of pyridine rings is 1. The first kappa shape index (κ1) is 15.7. The first-order valence-electron chi connectivity index (χ1n) is 7.29. The van der Waals surface area contributed by atoms with Crippen LogP contribution in [0.5, 0.6) is 5.88 Å². The van der Waals surface area contributed by atoms with Crippen LogP contribution in [0, 0.1) is 5.82 Å². The van der Waals surface area contributed by atoms with E-state index in [-0.39, 0.29) is 5.56 Å². The molecule has 0 saturated carbocycles. The van der Waals surface area contributed by atoms with E-state index in [0.717, 1.165) is 11.6 Å². The van der Waals surface area contributed by atoms with Crippen LogP contribution in [0.2, 0.25) is 0 Å². The molecule has 2 aromatic carbocycles. The van der Waals surface area contributed by atoms with Crippen LogP contribution in [-0.4, -0.2) is 16.1 Å². The highest BCUT2D eigenvalue weighted by Crippen LogP contribution is 2.25. The van der Waals surface area contributed by atoms with E-state index < -0.39 is 11.8 Å². The van der Waals surface area contributed by atoms with Gasteiger partial charge >= 0.3 is 5.97 Å². The molecule has 0 bridgehead atoms. The van der Waals surface area contributed by atoms with Crippen molar-refractivity contribution in [3.63, 3.8) is 0 Å². The highest BCUT2D eigenvalue weighted by Gasteiger charge is 2.13. The second-order valence-electron chi connectivity index (χ2n) is 5.15. The van der Waals surface area contributed by atoms with Gasteiger partial charge in [0.15, 0.2) is 0 Å². The normalized spacial score (nSPS) is 10.4. The third-order valence-corrected chi connectivity index (χ3v) is 3.49. The molecule has 0 aliphatic rings. The van der Waals surface area contributed by atoms with Gasteiger partial charge in [0.25, 0.3) is 0 Å². The fourth-order valence-electron chi connectivity index (χ4n) is 2.30. The Hall–Kier alpha value is -3.21. The van der Waals surface area contributed by atoms with E-state index in [1.807, 2.05) is 30.3 Å². The summed E-state index contributed by atoms with van der Waals surface area (Å²) < 4.78 is 18.8. The Kier molecular flexibility index (Phi) is 4.52. The molecule has 1 aromatic heterocycles. The first-order chi connectivity index (χ1) is 11.6. The Morgan fingerprint density at radius 1 is 1.08 bits per heavy atom. The molecule has 0 amide bonds. The maximum atomic E-state index is 13.2. The summed E-state index contributed by atoms with van der Waals surface area (Å²) in [5, 5.41) is 9.20. The van der Waals surface area contributed by atoms with Crippen molar-refractivity contribution in [1.29, 1.82) is 0 Å². The third-order valence-electron chi connectivity index (χ3n) is 3.49. The number of carboxylic acids is 1. The molecule has 0 fully saturated rings. The van der Waals surface area contributed by atoms with Crippen LogP contribution in [-0.2, 0) is 6.61 Å². The summed E-state index contributed by atoms with van der Waals surface area (Å²) in [7, 11) is 0. The molecule has 0 spiro atoms. The van der Waals surface area contributed by atoms with Gasteiger partial charge in [-0.1, -0.05) is 36.4 Å². The van der Waals surface area contributed by atoms with E-state index in [1.54, 1.807) is 12.1 Å². The van der Waals surface area contributed by atoms with Gasteiger partial charge in [-0.05, 0) is 29.3 Å². The second-order valence-corrected chi connectivity index (χ2v) is 5.15. The number of carbonyl (C=O) groups is 1. The number of hydrogen-bond acceptors (Lipinski definition) is 3. The topological polar surface area (TPSA) is 59.4 Å². The molecule has 0 unspecified atom stereocenters. The molecular weight excluding hydrogens is 309 g/mol. The van der Waals surface area contributed by atoms with Gasteiger partial charge in [-0.15, -0.1) is 0 Å². The van der Waals surface area contributed by atoms with Crippen LogP contribution in [0.1, 0.15) is 15.9 Å². The summed E-state index contributed by atoms with van der Waals surface area (Å²) in [5.41, 5.74) is 1.91. The summed E-state index contributed by atoms with van der Waals surface area (Å²) in [6.07, 6.45) is 1.51. The number of carboxylic acid groups (broad SMARTS) is 1. The summed E-state index contributed by atoms with van der Waals surface area (Å²) in [6, 6.07) is 16.7. The minimum absolute atomic E-state index is 0.102. The van der Waals surface area contributed by atoms with Crippen LogP contribution in [0.15, 0.2) is 66.9 Å². The van der Waals surface area contributed by atoms with Crippen LogP contribution in [0.4, 0.5) is 4.39 Å². The van der Waals surface area contributed by atoms with Crippen molar-refractivity contribution in [2.45, 2.75) is 6.61 Å². The van der Waals surface area contributed by atoms with E-state index in [2.05, 4.69) is 4.98 Å². The van der Waals surface area contributed by atoms with Crippen LogP contribution >= 0.6 is 0 Å². The SMILES string of the molecule is O=C(O)c1cc(F)ccc1-c1ccc(OCc2ccccc2)nc1. The minimum atomic E-state index is -1.19. The molecule has 0 atom stereocenters. The highest BCUT2D eigenvalue weighted by molar-refractivity contribution is 5.95. The van der Waals surface area contributed by atoms with E-state index in [1.165, 1.54) is 18.3 Å². The molecule has 0 aliphatic carbocycles. The van der Waals surface area contributed by atoms with Crippen LogP contribution in [0.3, 0.4) is 0 Å². The molecule has 1 heterocycles. The Balaban J connectivity index is 1.79. The maximum absolute atomic E-state index is 13.2. The molecular formula is C19H14FNO3. The van der Waals surface area contributed by atoms with Crippen molar-refractivity contribution < 1.29 is 19.0 Å². The fourth-order valence-corrected chi connectivity index (χ4v) is 2.30. The number of nitrogens with zero attached hydrogens (tertiary/aromatic N) is 1. The largest absolute Gasteiger partial charge is 0.478 e. The standard InChI is InChI=1S/C19H14FNO3/c20-15-7-8-16(17(10-15)19(22)23)14-6-9-18(21-11-14)24-12-13-4-2-1-3-5-13/h1-11H,12H2,(H,22,23). The molecule has 0 aliphatic heterocycles. The predicted molar refractivity (Wildman–Crippen MR) is 87.4 cm³/mol. The molecule has 4 nitrogen and oxygen atoms in total. The minimum Gasteiger partial charge on any atom is -0.478 e. The monoisotopic (exact) mass is 323 g/mol. The molecule has 0 saturated heterocycles. The van der Waals surface area contributed by atoms with Gasteiger partial charge in [-0.2, -0.15) is 0 Å². The number of rotatable bonds is 5. The summed E-state index contributed by atoms with van der Waals surface area (Å²) in [6.45, 7) is 0.393. The van der Waals surface area contributed by atoms with Gasteiger partial charge < -0.3 is 9.84 Å². The Bertz CT molecular complexity index is 848. The lowest BCUT2D eigenvalue weighted by atomic mass is 10.0. The Labute approximate surface area is 138 Å². The zero-order valence-corrected chi connectivity index (χ0v) is 12.6. The fraction of sp³-hybridized carbons (Fsp3) is 0.0526. The summed E-state index contributed by atoms with van der Waals surface area (Å²) in [5.74, 6) is -1.34. The van der Waals surface area contributed by atoms with Crippen LogP contribution < -0.4 is 4.74 Å². The van der Waals surface area contributed by atoms with Crippen molar-refractivity contribution in [2.75, 3.05) is 0 Å². The lowest BCUT2D eigenvalue weighted by molar-refractivity contribution is 0.0697. The van der Waals surface area contributed by atoms with E-state index in [4.69, 9.17) is 4.74 Å². The van der Waals surface area contributed by atoms with E-state index in [0.29, 0.717) is 23.6 Å². The van der Waals surface area contributed by atoms with Crippen LogP contribution in [0.25, 0.3) is 11.1 Å². The summed E-state index contributed by atoms with van der Waals surface area (Å²) in [4.78, 5) is 15.4. The van der Waals surface area contributed by atoms with E-state index >= 15 is 0 Å². The van der Waals surface area contributed by atoms with Crippen molar-refractivity contribution in [3.8, 4) is 17.0 Å². The molecule has 120 valence electrons. The average molecular weight is 323 g/mol. The maximum Gasteiger partial charge on any atom is 0.336 e. The van der Waals surface area contributed by atoms with Crippen molar-refractivity contribution in [1.82, 2.24) is 4.98 Å². The average Bonchev–Trinajstić information content (AvgIpc) is 2.61. The first-order valence-corrected chi connectivity index (χ1v) is 7.29. The quantitative estimate of drug-likeness (QED) is 0.766. The van der Waals surface area contributed by atoms with Crippen molar-refractivity contribution in [2.24, 2.45) is 0 Å². The molecule has 5 heteroatoms. The third kappa shape index (κ3) is 3.57. The molecule has 1 N–H and O–H groups in total.